The van der Waals surface area contributed by atoms with Gasteiger partial charge in [-0.2, -0.15) is 0 Å². The van der Waals surface area contributed by atoms with Crippen molar-refractivity contribution in [3.05, 3.63) is 11.1 Å². The van der Waals surface area contributed by atoms with Gasteiger partial charge in [0.15, 0.2) is 0 Å². The van der Waals surface area contributed by atoms with E-state index in [1.54, 1.807) is 6.42 Å². The first-order valence-corrected chi connectivity index (χ1v) is 6.16. The lowest BCUT2D eigenvalue weighted by atomic mass is 9.72. The van der Waals surface area contributed by atoms with Crippen LogP contribution < -0.4 is 0 Å². The van der Waals surface area contributed by atoms with E-state index in [1.807, 2.05) is 11.1 Å². The highest BCUT2D eigenvalue weighted by Crippen LogP contribution is 2.49. The lowest BCUT2D eigenvalue weighted by molar-refractivity contribution is 0.355. The quantitative estimate of drug-likeness (QED) is 0.488. The second-order valence-corrected chi connectivity index (χ2v) is 5.17. The van der Waals surface area contributed by atoms with Crippen LogP contribution in [0.25, 0.3) is 0 Å². The second-order valence-electron chi connectivity index (χ2n) is 5.17. The maximum absolute atomic E-state index is 1.94. The molecule has 0 saturated heterocycles. The van der Waals surface area contributed by atoms with Gasteiger partial charge in [-0.05, 0) is 63.2 Å². The molecule has 72 valence electrons. The Labute approximate surface area is 81.4 Å². The van der Waals surface area contributed by atoms with E-state index in [9.17, 15) is 0 Å². The normalized spacial score (nSPS) is 38.8. The van der Waals surface area contributed by atoms with E-state index in [4.69, 9.17) is 0 Å². The van der Waals surface area contributed by atoms with Gasteiger partial charge in [0, 0.05) is 0 Å². The number of rotatable bonds is 0. The molecule has 3 aliphatic carbocycles. The molecule has 2 atom stereocenters. The van der Waals surface area contributed by atoms with Crippen molar-refractivity contribution in [1.29, 1.82) is 0 Å². The Morgan fingerprint density at radius 1 is 0.769 bits per heavy atom. The smallest absolute Gasteiger partial charge is 0.0172 e. The molecule has 0 aromatic heterocycles. The van der Waals surface area contributed by atoms with Crippen LogP contribution in [-0.2, 0) is 0 Å². The Morgan fingerprint density at radius 3 is 2.69 bits per heavy atom. The summed E-state index contributed by atoms with van der Waals surface area (Å²) in [6.45, 7) is 0. The Hall–Kier alpha value is -0.260. The first kappa shape index (κ1) is 8.08. The summed E-state index contributed by atoms with van der Waals surface area (Å²) in [5, 5.41) is 0. The van der Waals surface area contributed by atoms with Crippen LogP contribution in [0.5, 0.6) is 0 Å². The first-order chi connectivity index (χ1) is 6.45. The SMILES string of the molecule is C1CCC2=C(C1)CCC1CCCC21. The molecule has 1 saturated carbocycles. The van der Waals surface area contributed by atoms with E-state index in [-0.39, 0.29) is 0 Å². The Bertz CT molecular complexity index is 236. The zero-order valence-corrected chi connectivity index (χ0v) is 8.52. The lowest BCUT2D eigenvalue weighted by Gasteiger charge is -2.34. The topological polar surface area (TPSA) is 0 Å². The molecular weight excluding hydrogens is 156 g/mol. The van der Waals surface area contributed by atoms with Crippen molar-refractivity contribution in [2.75, 3.05) is 0 Å². The summed E-state index contributed by atoms with van der Waals surface area (Å²) in [5.41, 5.74) is 3.84. The van der Waals surface area contributed by atoms with E-state index < -0.39 is 0 Å². The summed E-state index contributed by atoms with van der Waals surface area (Å²) >= 11 is 0. The van der Waals surface area contributed by atoms with Crippen LogP contribution in [0.15, 0.2) is 11.1 Å². The van der Waals surface area contributed by atoms with Crippen molar-refractivity contribution in [2.45, 2.75) is 57.8 Å². The molecule has 2 unspecified atom stereocenters. The lowest BCUT2D eigenvalue weighted by Crippen LogP contribution is -2.20. The van der Waals surface area contributed by atoms with Crippen LogP contribution in [0.3, 0.4) is 0 Å². The molecule has 3 rings (SSSR count). The van der Waals surface area contributed by atoms with Gasteiger partial charge >= 0.3 is 0 Å². The highest BCUT2D eigenvalue weighted by atomic mass is 14.4. The van der Waals surface area contributed by atoms with Gasteiger partial charge in [0.25, 0.3) is 0 Å². The Balaban J connectivity index is 1.91. The summed E-state index contributed by atoms with van der Waals surface area (Å²) in [6, 6.07) is 0. The predicted octanol–water partition coefficient (Wildman–Crippen LogP) is 4.07. The van der Waals surface area contributed by atoms with Crippen LogP contribution >= 0.6 is 0 Å². The van der Waals surface area contributed by atoms with Gasteiger partial charge in [0.2, 0.25) is 0 Å². The standard InChI is InChI=1S/C13H20/c1-2-6-12-10(4-1)8-9-11-5-3-7-13(11)12/h11,13H,1-9H2. The average molecular weight is 176 g/mol. The monoisotopic (exact) mass is 176 g/mol. The number of fused-ring (bicyclic) bond motifs is 2. The van der Waals surface area contributed by atoms with Crippen molar-refractivity contribution in [1.82, 2.24) is 0 Å². The van der Waals surface area contributed by atoms with Crippen LogP contribution in [0, 0.1) is 11.8 Å². The van der Waals surface area contributed by atoms with Gasteiger partial charge in [-0.25, -0.2) is 0 Å². The van der Waals surface area contributed by atoms with Crippen LogP contribution in [0.2, 0.25) is 0 Å². The molecule has 3 aliphatic rings. The summed E-state index contributed by atoms with van der Waals surface area (Å²) in [5.74, 6) is 2.17. The fourth-order valence-electron chi connectivity index (χ4n) is 3.93. The number of hydrogen-bond acceptors (Lipinski definition) is 0. The minimum absolute atomic E-state index is 1.06. The van der Waals surface area contributed by atoms with E-state index >= 15 is 0 Å². The molecule has 0 aromatic carbocycles. The van der Waals surface area contributed by atoms with Gasteiger partial charge in [-0.15, -0.1) is 0 Å². The molecule has 0 amide bonds. The third kappa shape index (κ3) is 1.26. The molecule has 13 heavy (non-hydrogen) atoms. The van der Waals surface area contributed by atoms with Gasteiger partial charge in [0.05, 0.1) is 0 Å². The average Bonchev–Trinajstić information content (AvgIpc) is 2.65. The van der Waals surface area contributed by atoms with Crippen LogP contribution in [-0.4, -0.2) is 0 Å². The van der Waals surface area contributed by atoms with E-state index in [1.165, 1.54) is 51.4 Å². The van der Waals surface area contributed by atoms with Crippen molar-refractivity contribution < 1.29 is 0 Å². The highest BCUT2D eigenvalue weighted by Gasteiger charge is 2.35. The van der Waals surface area contributed by atoms with Crippen molar-refractivity contribution in [3.8, 4) is 0 Å². The van der Waals surface area contributed by atoms with Crippen molar-refractivity contribution in [2.24, 2.45) is 11.8 Å². The van der Waals surface area contributed by atoms with Gasteiger partial charge in [0.1, 0.15) is 0 Å². The minimum atomic E-state index is 1.06. The molecule has 0 radical (unpaired) electrons. The second kappa shape index (κ2) is 3.15. The molecule has 0 aromatic rings. The molecule has 0 aliphatic heterocycles. The molecule has 1 fully saturated rings. The zero-order valence-electron chi connectivity index (χ0n) is 8.52. The van der Waals surface area contributed by atoms with E-state index in [2.05, 4.69) is 0 Å². The Morgan fingerprint density at radius 2 is 1.69 bits per heavy atom. The summed E-state index contributed by atoms with van der Waals surface area (Å²) in [6.07, 6.45) is 13.5. The van der Waals surface area contributed by atoms with Crippen LogP contribution in [0.1, 0.15) is 57.8 Å². The van der Waals surface area contributed by atoms with E-state index in [0.717, 1.165) is 11.8 Å². The van der Waals surface area contributed by atoms with Gasteiger partial charge in [-0.3, -0.25) is 0 Å². The van der Waals surface area contributed by atoms with Gasteiger partial charge in [-0.1, -0.05) is 17.6 Å². The van der Waals surface area contributed by atoms with Gasteiger partial charge < -0.3 is 0 Å². The molecular formula is C13H20. The fraction of sp³-hybridized carbons (Fsp3) is 0.846. The largest absolute Gasteiger partial charge is 0.0707 e. The molecule has 0 spiro atoms. The van der Waals surface area contributed by atoms with E-state index in [0.29, 0.717) is 0 Å². The minimum Gasteiger partial charge on any atom is -0.0707 e. The molecule has 0 bridgehead atoms. The summed E-state index contributed by atoms with van der Waals surface area (Å²) in [7, 11) is 0. The Kier molecular flexibility index (Phi) is 1.96. The molecule has 0 N–H and O–H groups in total. The summed E-state index contributed by atoms with van der Waals surface area (Å²) in [4.78, 5) is 0. The molecule has 0 nitrogen and oxygen atoms in total. The summed E-state index contributed by atoms with van der Waals surface area (Å²) < 4.78 is 0. The predicted molar refractivity (Wildman–Crippen MR) is 55.6 cm³/mol. The highest BCUT2D eigenvalue weighted by molar-refractivity contribution is 5.24. The maximum Gasteiger partial charge on any atom is -0.0172 e. The van der Waals surface area contributed by atoms with Crippen molar-refractivity contribution >= 4 is 0 Å². The fourth-order valence-corrected chi connectivity index (χ4v) is 3.93. The molecule has 0 heteroatoms. The third-order valence-electron chi connectivity index (χ3n) is 4.55. The van der Waals surface area contributed by atoms with Crippen molar-refractivity contribution in [3.63, 3.8) is 0 Å². The zero-order chi connectivity index (χ0) is 8.67. The first-order valence-electron chi connectivity index (χ1n) is 6.16. The number of hydrogen-bond donors (Lipinski definition) is 0. The third-order valence-corrected chi connectivity index (χ3v) is 4.55. The maximum atomic E-state index is 1.94. The number of allylic oxidation sites excluding steroid dienone is 2. The molecule has 0 heterocycles. The van der Waals surface area contributed by atoms with Crippen LogP contribution in [0.4, 0.5) is 0 Å².